The van der Waals surface area contributed by atoms with E-state index in [1.54, 1.807) is 24.3 Å². The molecule has 1 heterocycles. The van der Waals surface area contributed by atoms with E-state index in [4.69, 9.17) is 0 Å². The molecular weight excluding hydrogens is 476 g/mol. The number of benzene rings is 3. The highest BCUT2D eigenvalue weighted by atomic mass is 16.6. The van der Waals surface area contributed by atoms with Gasteiger partial charge in [-0.1, -0.05) is 30.3 Å². The van der Waals surface area contributed by atoms with Crippen LogP contribution in [-0.2, 0) is 6.54 Å². The van der Waals surface area contributed by atoms with Gasteiger partial charge in [0.15, 0.2) is 5.69 Å². The molecule has 0 bridgehead atoms. The average molecular weight is 490 g/mol. The Hall–Kier alpha value is -5.53. The standard InChI is InChI=1S/C22H14N6O8/c29-21(14-8-16(27(33)34)10-17(9-14)28(35)36)24-23-20-18-11-15(26(31)32)6-7-19(18)25(22(20)30)12-13-4-2-1-3-5-13/h1-11,30H,12H2. The molecule has 14 heteroatoms. The predicted molar refractivity (Wildman–Crippen MR) is 124 cm³/mol. The maximum Gasteiger partial charge on any atom is 0.295 e. The summed E-state index contributed by atoms with van der Waals surface area (Å²) < 4.78 is 1.42. The molecule has 0 aliphatic carbocycles. The topological polar surface area (TPSA) is 196 Å². The minimum Gasteiger partial charge on any atom is -0.493 e. The molecule has 4 rings (SSSR count). The highest BCUT2D eigenvalue weighted by Gasteiger charge is 2.22. The van der Waals surface area contributed by atoms with Crippen molar-refractivity contribution in [3.05, 3.63) is 108 Å². The van der Waals surface area contributed by atoms with Crippen molar-refractivity contribution in [2.75, 3.05) is 0 Å². The largest absolute Gasteiger partial charge is 0.493 e. The highest BCUT2D eigenvalue weighted by Crippen LogP contribution is 2.41. The van der Waals surface area contributed by atoms with E-state index in [0.29, 0.717) is 11.6 Å². The lowest BCUT2D eigenvalue weighted by atomic mass is 10.1. The van der Waals surface area contributed by atoms with Crippen molar-refractivity contribution >= 4 is 39.6 Å². The van der Waals surface area contributed by atoms with Crippen LogP contribution in [0.1, 0.15) is 15.9 Å². The van der Waals surface area contributed by atoms with Crippen molar-refractivity contribution in [1.29, 1.82) is 0 Å². The molecule has 3 aromatic carbocycles. The zero-order valence-corrected chi connectivity index (χ0v) is 18.0. The lowest BCUT2D eigenvalue weighted by molar-refractivity contribution is -0.394. The van der Waals surface area contributed by atoms with Gasteiger partial charge in [0.2, 0.25) is 5.88 Å². The molecule has 1 N–H and O–H groups in total. The van der Waals surface area contributed by atoms with Crippen LogP contribution in [-0.4, -0.2) is 30.4 Å². The number of amides is 1. The van der Waals surface area contributed by atoms with Gasteiger partial charge in [0.25, 0.3) is 23.0 Å². The van der Waals surface area contributed by atoms with Gasteiger partial charge in [0.1, 0.15) is 0 Å². The Kier molecular flexibility index (Phi) is 6.15. The highest BCUT2D eigenvalue weighted by molar-refractivity contribution is 5.98. The number of hydrogen-bond acceptors (Lipinski definition) is 9. The number of nitro benzene ring substituents is 3. The molecule has 0 radical (unpaired) electrons. The molecule has 0 aliphatic rings. The molecule has 180 valence electrons. The van der Waals surface area contributed by atoms with Gasteiger partial charge in [-0.3, -0.25) is 35.1 Å². The van der Waals surface area contributed by atoms with Crippen LogP contribution in [0.3, 0.4) is 0 Å². The number of carbonyl (C=O) groups excluding carboxylic acids is 1. The fourth-order valence-electron chi connectivity index (χ4n) is 3.53. The molecule has 0 saturated carbocycles. The lowest BCUT2D eigenvalue weighted by Crippen LogP contribution is -1.99. The summed E-state index contributed by atoms with van der Waals surface area (Å²) in [7, 11) is 0. The van der Waals surface area contributed by atoms with E-state index in [0.717, 1.165) is 23.8 Å². The quantitative estimate of drug-likeness (QED) is 0.211. The first-order valence-electron chi connectivity index (χ1n) is 10.1. The van der Waals surface area contributed by atoms with E-state index in [9.17, 15) is 40.2 Å². The summed E-state index contributed by atoms with van der Waals surface area (Å²) in [6, 6.07) is 15.1. The molecule has 14 nitrogen and oxygen atoms in total. The third-order valence-corrected chi connectivity index (χ3v) is 5.20. The number of rotatable bonds is 7. The second-order valence-corrected chi connectivity index (χ2v) is 7.46. The molecule has 0 fully saturated rings. The number of nitrogens with zero attached hydrogens (tertiary/aromatic N) is 6. The Morgan fingerprint density at radius 3 is 2.03 bits per heavy atom. The second kappa shape index (κ2) is 9.38. The molecule has 1 amide bonds. The molecule has 0 spiro atoms. The summed E-state index contributed by atoms with van der Waals surface area (Å²) in [4.78, 5) is 43.6. The van der Waals surface area contributed by atoms with E-state index < -0.39 is 43.5 Å². The van der Waals surface area contributed by atoms with Gasteiger partial charge in [-0.25, -0.2) is 0 Å². The molecule has 4 aromatic rings. The Labute approximate surface area is 200 Å². The number of non-ortho nitro benzene ring substituents is 3. The maximum absolute atomic E-state index is 12.6. The summed E-state index contributed by atoms with van der Waals surface area (Å²) in [6.45, 7) is 0.168. The molecule has 0 aliphatic heterocycles. The van der Waals surface area contributed by atoms with Crippen molar-refractivity contribution < 1.29 is 24.7 Å². The Morgan fingerprint density at radius 1 is 0.833 bits per heavy atom. The van der Waals surface area contributed by atoms with E-state index in [2.05, 4.69) is 10.2 Å². The summed E-state index contributed by atoms with van der Waals surface area (Å²) in [5.74, 6) is -1.59. The van der Waals surface area contributed by atoms with Gasteiger partial charge >= 0.3 is 0 Å². The van der Waals surface area contributed by atoms with Gasteiger partial charge in [0, 0.05) is 29.7 Å². The van der Waals surface area contributed by atoms with E-state index >= 15 is 0 Å². The van der Waals surface area contributed by atoms with Gasteiger partial charge in [-0.2, -0.15) is 0 Å². The summed E-state index contributed by atoms with van der Waals surface area (Å²) >= 11 is 0. The minimum atomic E-state index is -1.16. The zero-order chi connectivity index (χ0) is 26.0. The molecule has 0 unspecified atom stereocenters. The number of carbonyl (C=O) groups is 1. The Morgan fingerprint density at radius 2 is 1.44 bits per heavy atom. The number of hydrogen-bond donors (Lipinski definition) is 1. The van der Waals surface area contributed by atoms with Crippen molar-refractivity contribution in [2.24, 2.45) is 10.2 Å². The maximum atomic E-state index is 12.6. The first-order valence-corrected chi connectivity index (χ1v) is 10.1. The zero-order valence-electron chi connectivity index (χ0n) is 18.0. The van der Waals surface area contributed by atoms with Crippen molar-refractivity contribution in [2.45, 2.75) is 6.54 Å². The number of nitro groups is 3. The minimum absolute atomic E-state index is 0.124. The van der Waals surface area contributed by atoms with Crippen LogP contribution in [0, 0.1) is 30.3 Å². The van der Waals surface area contributed by atoms with Crippen LogP contribution >= 0.6 is 0 Å². The Bertz CT molecular complexity index is 1550. The van der Waals surface area contributed by atoms with Crippen molar-refractivity contribution in [1.82, 2.24) is 4.57 Å². The van der Waals surface area contributed by atoms with Gasteiger partial charge in [0.05, 0.1) is 38.5 Å². The third kappa shape index (κ3) is 4.58. The van der Waals surface area contributed by atoms with Crippen LogP contribution in [0.15, 0.2) is 77.0 Å². The van der Waals surface area contributed by atoms with Crippen LogP contribution in [0.2, 0.25) is 0 Å². The normalized spacial score (nSPS) is 11.1. The van der Waals surface area contributed by atoms with Crippen LogP contribution < -0.4 is 0 Å². The number of aromatic hydroxyl groups is 1. The third-order valence-electron chi connectivity index (χ3n) is 5.20. The molecule has 0 saturated heterocycles. The smallest absolute Gasteiger partial charge is 0.295 e. The van der Waals surface area contributed by atoms with Crippen LogP contribution in [0.25, 0.3) is 10.9 Å². The second-order valence-electron chi connectivity index (χ2n) is 7.46. The fraction of sp³-hybridized carbons (Fsp3) is 0.0455. The predicted octanol–water partition coefficient (Wildman–Crippen LogP) is 5.04. The molecular formula is C22H14N6O8. The number of fused-ring (bicyclic) bond motifs is 1. The number of azo groups is 1. The van der Waals surface area contributed by atoms with Gasteiger partial charge in [-0.15, -0.1) is 10.2 Å². The fourth-order valence-corrected chi connectivity index (χ4v) is 3.53. The van der Waals surface area contributed by atoms with Gasteiger partial charge in [-0.05, 0) is 11.6 Å². The summed E-state index contributed by atoms with van der Waals surface area (Å²) in [5, 5.41) is 51.7. The van der Waals surface area contributed by atoms with Crippen LogP contribution in [0.5, 0.6) is 5.88 Å². The molecule has 1 aromatic heterocycles. The first-order chi connectivity index (χ1) is 17.2. The van der Waals surface area contributed by atoms with Crippen molar-refractivity contribution in [3.8, 4) is 5.88 Å². The Balaban J connectivity index is 1.80. The van der Waals surface area contributed by atoms with Crippen molar-refractivity contribution in [3.63, 3.8) is 0 Å². The SMILES string of the molecule is O=C(N=Nc1c(O)n(Cc2ccccc2)c2ccc([N+](=O)[O-])cc12)c1cc([N+](=O)[O-])cc([N+](=O)[O-])c1. The monoisotopic (exact) mass is 490 g/mol. The molecule has 36 heavy (non-hydrogen) atoms. The van der Waals surface area contributed by atoms with E-state index in [-0.39, 0.29) is 23.3 Å². The molecule has 0 atom stereocenters. The summed E-state index contributed by atoms with van der Waals surface area (Å²) in [5.41, 5.74) is -1.24. The number of aromatic nitrogens is 1. The first kappa shape index (κ1) is 23.6. The van der Waals surface area contributed by atoms with Crippen LogP contribution in [0.4, 0.5) is 22.7 Å². The lowest BCUT2D eigenvalue weighted by Gasteiger charge is -2.07. The van der Waals surface area contributed by atoms with E-state index in [1.165, 1.54) is 16.7 Å². The average Bonchev–Trinajstić information content (AvgIpc) is 3.12. The van der Waals surface area contributed by atoms with E-state index in [1.807, 2.05) is 6.07 Å². The van der Waals surface area contributed by atoms with Gasteiger partial charge < -0.3 is 9.67 Å². The summed E-state index contributed by atoms with van der Waals surface area (Å²) in [6.07, 6.45) is 0.